The number of benzene rings is 1. The van der Waals surface area contributed by atoms with Crippen LogP contribution in [0.3, 0.4) is 0 Å². The van der Waals surface area contributed by atoms with Crippen LogP contribution in [0.2, 0.25) is 0 Å². The maximum atomic E-state index is 13.0. The van der Waals surface area contributed by atoms with Crippen LogP contribution in [0, 0.1) is 5.82 Å². The van der Waals surface area contributed by atoms with Gasteiger partial charge in [0.2, 0.25) is 0 Å². The second-order valence-corrected chi connectivity index (χ2v) is 5.18. The van der Waals surface area contributed by atoms with E-state index in [0.29, 0.717) is 0 Å². The van der Waals surface area contributed by atoms with E-state index in [4.69, 9.17) is 0 Å². The van der Waals surface area contributed by atoms with E-state index in [1.54, 1.807) is 6.33 Å². The molecule has 0 radical (unpaired) electrons. The molecule has 1 heterocycles. The Bertz CT molecular complexity index is 535. The highest BCUT2D eigenvalue weighted by molar-refractivity contribution is 5.17. The highest BCUT2D eigenvalue weighted by atomic mass is 19.1. The first-order valence-electron chi connectivity index (χ1n) is 7.57. The minimum atomic E-state index is -0.192. The van der Waals surface area contributed by atoms with Crippen molar-refractivity contribution in [2.45, 2.75) is 45.7 Å². The zero-order chi connectivity index (χ0) is 15.1. The highest BCUT2D eigenvalue weighted by Crippen LogP contribution is 2.09. The van der Waals surface area contributed by atoms with E-state index in [1.165, 1.54) is 12.1 Å². The molecular weight excluding hydrogens is 267 g/mol. The first-order chi connectivity index (χ1) is 10.2. The summed E-state index contributed by atoms with van der Waals surface area (Å²) in [6.45, 7) is 6.00. The van der Waals surface area contributed by atoms with Crippen LogP contribution in [-0.4, -0.2) is 27.4 Å². The van der Waals surface area contributed by atoms with Crippen LogP contribution < -0.4 is 5.32 Å². The van der Waals surface area contributed by atoms with Crippen LogP contribution in [0.15, 0.2) is 30.6 Å². The van der Waals surface area contributed by atoms with Gasteiger partial charge in [-0.1, -0.05) is 19.1 Å². The fraction of sp³-hybridized carbons (Fsp3) is 0.500. The van der Waals surface area contributed by atoms with Crippen LogP contribution in [-0.2, 0) is 19.4 Å². The summed E-state index contributed by atoms with van der Waals surface area (Å²) in [7, 11) is 0. The van der Waals surface area contributed by atoms with Gasteiger partial charge in [-0.2, -0.15) is 5.10 Å². The molecule has 0 saturated heterocycles. The molecule has 0 aliphatic carbocycles. The lowest BCUT2D eigenvalue weighted by Crippen LogP contribution is -2.34. The standard InChI is InChI=1S/C16H23FN4/c1-3-9-18-15(10-13-5-7-14(17)8-6-13)11-16-19-12-20-21(16)4-2/h5-8,12,15,18H,3-4,9-11H2,1-2H3. The van der Waals surface area contributed by atoms with Crippen molar-refractivity contribution in [3.63, 3.8) is 0 Å². The van der Waals surface area contributed by atoms with E-state index in [2.05, 4.69) is 29.2 Å². The number of aryl methyl sites for hydroxylation is 1. The summed E-state index contributed by atoms with van der Waals surface area (Å²) in [4.78, 5) is 4.34. The molecule has 0 bridgehead atoms. The highest BCUT2D eigenvalue weighted by Gasteiger charge is 2.13. The number of rotatable bonds is 8. The summed E-state index contributed by atoms with van der Waals surface area (Å²) in [5.41, 5.74) is 1.13. The summed E-state index contributed by atoms with van der Waals surface area (Å²) in [6, 6.07) is 7.01. The number of halogens is 1. The monoisotopic (exact) mass is 290 g/mol. The van der Waals surface area contributed by atoms with Gasteiger partial charge in [-0.05, 0) is 44.0 Å². The Hall–Kier alpha value is -1.75. The molecular formula is C16H23FN4. The normalized spacial score (nSPS) is 12.5. The van der Waals surface area contributed by atoms with Gasteiger partial charge in [0.15, 0.2) is 0 Å². The molecule has 0 spiro atoms. The Morgan fingerprint density at radius 2 is 1.95 bits per heavy atom. The van der Waals surface area contributed by atoms with E-state index in [-0.39, 0.29) is 11.9 Å². The zero-order valence-electron chi connectivity index (χ0n) is 12.7. The van der Waals surface area contributed by atoms with Crippen LogP contribution >= 0.6 is 0 Å². The van der Waals surface area contributed by atoms with Crippen molar-refractivity contribution < 1.29 is 4.39 Å². The molecule has 0 aliphatic heterocycles. The molecule has 1 N–H and O–H groups in total. The molecule has 114 valence electrons. The Kier molecular flexibility index (Phi) is 5.87. The zero-order valence-corrected chi connectivity index (χ0v) is 12.7. The lowest BCUT2D eigenvalue weighted by atomic mass is 10.0. The third-order valence-corrected chi connectivity index (χ3v) is 3.50. The Balaban J connectivity index is 2.05. The summed E-state index contributed by atoms with van der Waals surface area (Å²) in [5, 5.41) is 7.76. The van der Waals surface area contributed by atoms with Crippen molar-refractivity contribution >= 4 is 0 Å². The third kappa shape index (κ3) is 4.63. The summed E-state index contributed by atoms with van der Waals surface area (Å²) < 4.78 is 14.9. The number of nitrogens with zero attached hydrogens (tertiary/aromatic N) is 3. The molecule has 1 aromatic carbocycles. The lowest BCUT2D eigenvalue weighted by molar-refractivity contribution is 0.478. The van der Waals surface area contributed by atoms with E-state index in [9.17, 15) is 4.39 Å². The van der Waals surface area contributed by atoms with Crippen LogP contribution in [0.25, 0.3) is 0 Å². The smallest absolute Gasteiger partial charge is 0.138 e. The SMILES string of the molecule is CCCNC(Cc1ccc(F)cc1)Cc1ncnn1CC. The molecule has 1 atom stereocenters. The van der Waals surface area contributed by atoms with Crippen LogP contribution in [0.1, 0.15) is 31.7 Å². The molecule has 0 fully saturated rings. The Labute approximate surface area is 125 Å². The number of aromatic nitrogens is 3. The minimum Gasteiger partial charge on any atom is -0.313 e. The van der Waals surface area contributed by atoms with Gasteiger partial charge in [-0.15, -0.1) is 0 Å². The molecule has 1 aromatic heterocycles. The molecule has 1 unspecified atom stereocenters. The van der Waals surface area contributed by atoms with Gasteiger partial charge in [0.25, 0.3) is 0 Å². The van der Waals surface area contributed by atoms with Gasteiger partial charge in [-0.25, -0.2) is 9.37 Å². The van der Waals surface area contributed by atoms with Crippen molar-refractivity contribution in [2.24, 2.45) is 0 Å². The average molecular weight is 290 g/mol. The first kappa shape index (κ1) is 15.6. The largest absolute Gasteiger partial charge is 0.313 e. The van der Waals surface area contributed by atoms with Crippen molar-refractivity contribution in [2.75, 3.05) is 6.54 Å². The molecule has 21 heavy (non-hydrogen) atoms. The van der Waals surface area contributed by atoms with Crippen LogP contribution in [0.5, 0.6) is 0 Å². The van der Waals surface area contributed by atoms with E-state index >= 15 is 0 Å². The Morgan fingerprint density at radius 3 is 2.62 bits per heavy atom. The summed E-state index contributed by atoms with van der Waals surface area (Å²) >= 11 is 0. The van der Waals surface area contributed by atoms with Crippen molar-refractivity contribution in [1.82, 2.24) is 20.1 Å². The van der Waals surface area contributed by atoms with Gasteiger partial charge in [0.1, 0.15) is 18.0 Å². The van der Waals surface area contributed by atoms with Crippen molar-refractivity contribution in [3.05, 3.63) is 47.8 Å². The summed E-state index contributed by atoms with van der Waals surface area (Å²) in [5.74, 6) is 0.802. The molecule has 0 saturated carbocycles. The molecule has 5 heteroatoms. The predicted molar refractivity (Wildman–Crippen MR) is 81.6 cm³/mol. The molecule has 2 aromatic rings. The van der Waals surface area contributed by atoms with E-state index in [1.807, 2.05) is 16.8 Å². The van der Waals surface area contributed by atoms with E-state index in [0.717, 1.165) is 43.7 Å². The second-order valence-electron chi connectivity index (χ2n) is 5.18. The maximum Gasteiger partial charge on any atom is 0.138 e. The fourth-order valence-corrected chi connectivity index (χ4v) is 2.40. The van der Waals surface area contributed by atoms with E-state index < -0.39 is 0 Å². The maximum absolute atomic E-state index is 13.0. The van der Waals surface area contributed by atoms with Gasteiger partial charge in [0.05, 0.1) is 0 Å². The number of hydrogen-bond donors (Lipinski definition) is 1. The third-order valence-electron chi connectivity index (χ3n) is 3.50. The van der Waals surface area contributed by atoms with Gasteiger partial charge in [0, 0.05) is 19.0 Å². The van der Waals surface area contributed by atoms with Gasteiger partial charge < -0.3 is 5.32 Å². The molecule has 0 aliphatic rings. The molecule has 4 nitrogen and oxygen atoms in total. The van der Waals surface area contributed by atoms with Crippen molar-refractivity contribution in [3.8, 4) is 0 Å². The average Bonchev–Trinajstić information content (AvgIpc) is 2.94. The summed E-state index contributed by atoms with van der Waals surface area (Å²) in [6.07, 6.45) is 4.37. The second kappa shape index (κ2) is 7.88. The lowest BCUT2D eigenvalue weighted by Gasteiger charge is -2.18. The quantitative estimate of drug-likeness (QED) is 0.812. The van der Waals surface area contributed by atoms with Crippen LogP contribution in [0.4, 0.5) is 4.39 Å². The van der Waals surface area contributed by atoms with Gasteiger partial charge in [-0.3, -0.25) is 4.68 Å². The van der Waals surface area contributed by atoms with Gasteiger partial charge >= 0.3 is 0 Å². The predicted octanol–water partition coefficient (Wildman–Crippen LogP) is 2.59. The Morgan fingerprint density at radius 1 is 1.19 bits per heavy atom. The topological polar surface area (TPSA) is 42.7 Å². The minimum absolute atomic E-state index is 0.192. The molecule has 0 amide bonds. The number of nitrogens with one attached hydrogen (secondary N) is 1. The number of hydrogen-bond acceptors (Lipinski definition) is 3. The molecule has 2 rings (SSSR count). The first-order valence-corrected chi connectivity index (χ1v) is 7.57. The fourth-order valence-electron chi connectivity index (χ4n) is 2.40. The van der Waals surface area contributed by atoms with Crippen molar-refractivity contribution in [1.29, 1.82) is 0 Å².